The summed E-state index contributed by atoms with van der Waals surface area (Å²) in [5.41, 5.74) is -0.672. The van der Waals surface area contributed by atoms with E-state index in [4.69, 9.17) is 21.1 Å². The van der Waals surface area contributed by atoms with E-state index in [9.17, 15) is 14.4 Å². The van der Waals surface area contributed by atoms with Crippen LogP contribution < -0.4 is 25.9 Å². The first-order valence-corrected chi connectivity index (χ1v) is 8.90. The van der Waals surface area contributed by atoms with Crippen molar-refractivity contribution in [3.8, 4) is 17.2 Å². The second-order valence-corrected chi connectivity index (χ2v) is 6.41. The minimum absolute atomic E-state index is 0.323. The van der Waals surface area contributed by atoms with Gasteiger partial charge in [-0.1, -0.05) is 17.7 Å². The Morgan fingerprint density at radius 3 is 2.52 bits per heavy atom. The van der Waals surface area contributed by atoms with Crippen LogP contribution in [0, 0.1) is 0 Å². The molecule has 1 heterocycles. The number of rotatable bonds is 6. The van der Waals surface area contributed by atoms with Gasteiger partial charge in [0.2, 0.25) is 5.91 Å². The van der Waals surface area contributed by atoms with Crippen molar-refractivity contribution in [2.75, 3.05) is 19.5 Å². The van der Waals surface area contributed by atoms with E-state index in [1.165, 1.54) is 37.2 Å². The second kappa shape index (κ2) is 8.66. The van der Waals surface area contributed by atoms with Gasteiger partial charge in [0.25, 0.3) is 0 Å². The molecule has 2 aromatic carbocycles. The Balaban J connectivity index is 1.80. The molecule has 0 fully saturated rings. The number of amides is 1. The lowest BCUT2D eigenvalue weighted by Gasteiger charge is -2.11. The van der Waals surface area contributed by atoms with Crippen molar-refractivity contribution >= 4 is 23.2 Å². The van der Waals surface area contributed by atoms with Gasteiger partial charge in [0.05, 0.1) is 24.9 Å². The first kappa shape index (κ1) is 20.2. The Morgan fingerprint density at radius 2 is 1.83 bits per heavy atom. The monoisotopic (exact) mass is 415 g/mol. The van der Waals surface area contributed by atoms with Crippen LogP contribution in [0.4, 0.5) is 5.69 Å². The molecule has 0 aliphatic heterocycles. The quantitative estimate of drug-likeness (QED) is 0.624. The highest BCUT2D eigenvalue weighted by atomic mass is 35.5. The van der Waals surface area contributed by atoms with Crippen LogP contribution in [0.1, 0.15) is 0 Å². The van der Waals surface area contributed by atoms with Crippen LogP contribution in [0.2, 0.25) is 5.02 Å². The Bertz CT molecular complexity index is 1170. The standard InChI is InChI=1S/C20H18ClN3O5/c1-28-15-5-3-4-14(11-15)24-9-8-23(19(26)20(24)27)12-18(25)22-13-6-7-17(29-2)16(21)10-13/h3-11H,12H2,1-2H3,(H,22,25). The molecule has 0 spiro atoms. The summed E-state index contributed by atoms with van der Waals surface area (Å²) in [6.07, 6.45) is 2.81. The molecule has 1 N–H and O–H groups in total. The minimum atomic E-state index is -0.821. The van der Waals surface area contributed by atoms with Crippen molar-refractivity contribution in [1.29, 1.82) is 0 Å². The Morgan fingerprint density at radius 1 is 1.03 bits per heavy atom. The third kappa shape index (κ3) is 4.49. The summed E-state index contributed by atoms with van der Waals surface area (Å²) in [5.74, 6) is 0.546. The first-order valence-electron chi connectivity index (χ1n) is 8.53. The van der Waals surface area contributed by atoms with E-state index >= 15 is 0 Å². The maximum absolute atomic E-state index is 12.5. The molecule has 0 saturated heterocycles. The van der Waals surface area contributed by atoms with Crippen LogP contribution >= 0.6 is 11.6 Å². The van der Waals surface area contributed by atoms with Gasteiger partial charge in [-0.15, -0.1) is 0 Å². The Kier molecular flexibility index (Phi) is 6.04. The van der Waals surface area contributed by atoms with Gasteiger partial charge in [0, 0.05) is 24.1 Å². The number of carbonyl (C=O) groups is 1. The topological polar surface area (TPSA) is 91.6 Å². The highest BCUT2D eigenvalue weighted by Crippen LogP contribution is 2.27. The van der Waals surface area contributed by atoms with Crippen LogP contribution in [0.5, 0.6) is 11.5 Å². The third-order valence-corrected chi connectivity index (χ3v) is 4.43. The van der Waals surface area contributed by atoms with E-state index in [0.717, 1.165) is 4.57 Å². The number of hydrogen-bond donors (Lipinski definition) is 1. The van der Waals surface area contributed by atoms with Crippen molar-refractivity contribution < 1.29 is 14.3 Å². The van der Waals surface area contributed by atoms with E-state index in [1.807, 2.05) is 0 Å². The average molecular weight is 416 g/mol. The number of anilines is 1. The Labute approximate surface area is 170 Å². The fourth-order valence-electron chi connectivity index (χ4n) is 2.70. The zero-order valence-corrected chi connectivity index (χ0v) is 16.5. The molecule has 8 nitrogen and oxygen atoms in total. The normalized spacial score (nSPS) is 10.4. The van der Waals surface area contributed by atoms with E-state index in [1.54, 1.807) is 36.4 Å². The molecule has 0 atom stereocenters. The van der Waals surface area contributed by atoms with Crippen molar-refractivity contribution in [3.63, 3.8) is 0 Å². The molecule has 0 saturated carbocycles. The van der Waals surface area contributed by atoms with E-state index < -0.39 is 17.0 Å². The van der Waals surface area contributed by atoms with Crippen LogP contribution in [0.15, 0.2) is 64.4 Å². The van der Waals surface area contributed by atoms with Gasteiger partial charge in [0.15, 0.2) is 0 Å². The number of hydrogen-bond acceptors (Lipinski definition) is 5. The molecule has 0 aliphatic carbocycles. The van der Waals surface area contributed by atoms with Gasteiger partial charge < -0.3 is 14.8 Å². The molecule has 0 unspecified atom stereocenters. The predicted molar refractivity (Wildman–Crippen MR) is 109 cm³/mol. The lowest BCUT2D eigenvalue weighted by atomic mass is 10.3. The molecular weight excluding hydrogens is 398 g/mol. The van der Waals surface area contributed by atoms with Crippen molar-refractivity contribution in [2.24, 2.45) is 0 Å². The van der Waals surface area contributed by atoms with E-state index in [-0.39, 0.29) is 6.54 Å². The maximum atomic E-state index is 12.5. The fourth-order valence-corrected chi connectivity index (χ4v) is 2.95. The molecule has 3 aromatic rings. The maximum Gasteiger partial charge on any atom is 0.320 e. The zero-order valence-electron chi connectivity index (χ0n) is 15.7. The lowest BCUT2D eigenvalue weighted by Crippen LogP contribution is -2.41. The molecule has 0 aliphatic rings. The summed E-state index contributed by atoms with van der Waals surface area (Å²) >= 11 is 6.03. The molecule has 3 rings (SSSR count). The molecule has 150 valence electrons. The second-order valence-electron chi connectivity index (χ2n) is 6.01. The lowest BCUT2D eigenvalue weighted by molar-refractivity contribution is -0.116. The molecule has 1 aromatic heterocycles. The van der Waals surface area contributed by atoms with Crippen LogP contribution in [0.3, 0.4) is 0 Å². The average Bonchev–Trinajstić information content (AvgIpc) is 2.71. The summed E-state index contributed by atoms with van der Waals surface area (Å²) in [5, 5.41) is 2.96. The number of ether oxygens (including phenoxy) is 2. The number of carbonyl (C=O) groups excluding carboxylic acids is 1. The predicted octanol–water partition coefficient (Wildman–Crippen LogP) is 2.31. The highest BCUT2D eigenvalue weighted by molar-refractivity contribution is 6.32. The molecule has 1 amide bonds. The summed E-state index contributed by atoms with van der Waals surface area (Å²) in [4.78, 5) is 37.2. The zero-order chi connectivity index (χ0) is 21.0. The van der Waals surface area contributed by atoms with E-state index in [0.29, 0.717) is 27.9 Å². The molecular formula is C20H18ClN3O5. The number of benzene rings is 2. The summed E-state index contributed by atoms with van der Waals surface area (Å²) < 4.78 is 12.4. The third-order valence-electron chi connectivity index (χ3n) is 4.14. The molecule has 0 radical (unpaired) electrons. The highest BCUT2D eigenvalue weighted by Gasteiger charge is 2.11. The molecule has 9 heteroatoms. The van der Waals surface area contributed by atoms with Gasteiger partial charge in [-0.2, -0.15) is 0 Å². The number of nitrogens with one attached hydrogen (secondary N) is 1. The number of aromatic nitrogens is 2. The summed E-state index contributed by atoms with van der Waals surface area (Å²) in [6, 6.07) is 11.5. The van der Waals surface area contributed by atoms with Crippen LogP contribution in [0.25, 0.3) is 5.69 Å². The summed E-state index contributed by atoms with van der Waals surface area (Å²) in [6.45, 7) is -0.323. The molecule has 29 heavy (non-hydrogen) atoms. The summed E-state index contributed by atoms with van der Waals surface area (Å²) in [7, 11) is 2.99. The van der Waals surface area contributed by atoms with Crippen LogP contribution in [-0.4, -0.2) is 29.3 Å². The van der Waals surface area contributed by atoms with Crippen LogP contribution in [-0.2, 0) is 11.3 Å². The van der Waals surface area contributed by atoms with Crippen molar-refractivity contribution in [3.05, 3.63) is 80.6 Å². The largest absolute Gasteiger partial charge is 0.497 e. The number of halogens is 1. The Hall–Kier alpha value is -3.52. The van der Waals surface area contributed by atoms with Gasteiger partial charge in [-0.05, 0) is 30.3 Å². The number of methoxy groups -OCH3 is 2. The van der Waals surface area contributed by atoms with Gasteiger partial charge in [-0.25, -0.2) is 0 Å². The van der Waals surface area contributed by atoms with Gasteiger partial charge in [0.1, 0.15) is 18.0 Å². The minimum Gasteiger partial charge on any atom is -0.497 e. The van der Waals surface area contributed by atoms with Gasteiger partial charge >= 0.3 is 11.1 Å². The smallest absolute Gasteiger partial charge is 0.320 e. The number of nitrogens with zero attached hydrogens (tertiary/aromatic N) is 2. The van der Waals surface area contributed by atoms with Crippen molar-refractivity contribution in [1.82, 2.24) is 9.13 Å². The first-order chi connectivity index (χ1) is 13.9. The SMILES string of the molecule is COc1cccc(-n2ccn(CC(=O)Nc3ccc(OC)c(Cl)c3)c(=O)c2=O)c1. The fraction of sp³-hybridized carbons (Fsp3) is 0.150. The van der Waals surface area contributed by atoms with E-state index in [2.05, 4.69) is 5.32 Å². The van der Waals surface area contributed by atoms with Gasteiger partial charge in [-0.3, -0.25) is 23.5 Å². The molecule has 0 bridgehead atoms. The van der Waals surface area contributed by atoms with Crippen molar-refractivity contribution in [2.45, 2.75) is 6.54 Å².